The van der Waals surface area contributed by atoms with Gasteiger partial charge in [-0.15, -0.1) is 0 Å². The largest absolute Gasteiger partial charge is 0.480 e. The highest BCUT2D eigenvalue weighted by molar-refractivity contribution is 6.35. The number of imidazole rings is 1. The lowest BCUT2D eigenvalue weighted by Gasteiger charge is -2.31. The standard InChI is InChI=1S/C16H16ClN5O2/c1-21-12-4-2-3-9(17)13(12)11(20-21)7-22-6-5-10-14(19-8-18-10)15(22)16(23)24/h2-4,8,15H,5-7H2,1H3,(H,18,19)(H,23,24)/t15-/m0/s1. The topological polar surface area (TPSA) is 87.0 Å². The molecule has 1 aliphatic heterocycles. The van der Waals surface area contributed by atoms with Crippen molar-refractivity contribution in [3.63, 3.8) is 0 Å². The number of aromatic nitrogens is 4. The number of fused-ring (bicyclic) bond motifs is 2. The molecule has 0 spiro atoms. The van der Waals surface area contributed by atoms with Crippen LogP contribution in [0.15, 0.2) is 24.5 Å². The summed E-state index contributed by atoms with van der Waals surface area (Å²) in [7, 11) is 1.86. The number of carboxylic acids is 1. The van der Waals surface area contributed by atoms with E-state index in [2.05, 4.69) is 15.1 Å². The van der Waals surface area contributed by atoms with Crippen molar-refractivity contribution in [2.24, 2.45) is 7.05 Å². The molecule has 3 heterocycles. The van der Waals surface area contributed by atoms with Gasteiger partial charge in [-0.3, -0.25) is 14.4 Å². The van der Waals surface area contributed by atoms with Crippen LogP contribution in [0.1, 0.15) is 23.1 Å². The van der Waals surface area contributed by atoms with Crippen molar-refractivity contribution in [3.05, 3.63) is 46.6 Å². The third-order valence-corrected chi connectivity index (χ3v) is 4.83. The number of hydrogen-bond donors (Lipinski definition) is 2. The zero-order chi connectivity index (χ0) is 16.8. The smallest absolute Gasteiger partial charge is 0.327 e. The van der Waals surface area contributed by atoms with E-state index in [-0.39, 0.29) is 0 Å². The third kappa shape index (κ3) is 2.28. The van der Waals surface area contributed by atoms with Crippen LogP contribution in [0.25, 0.3) is 10.9 Å². The predicted molar refractivity (Wildman–Crippen MR) is 88.8 cm³/mol. The number of aryl methyl sites for hydroxylation is 1. The molecule has 124 valence electrons. The van der Waals surface area contributed by atoms with Gasteiger partial charge in [0.15, 0.2) is 6.04 Å². The molecule has 24 heavy (non-hydrogen) atoms. The van der Waals surface area contributed by atoms with E-state index in [1.165, 1.54) is 0 Å². The van der Waals surface area contributed by atoms with Crippen LogP contribution in [0.5, 0.6) is 0 Å². The van der Waals surface area contributed by atoms with Gasteiger partial charge in [-0.05, 0) is 12.1 Å². The summed E-state index contributed by atoms with van der Waals surface area (Å²) >= 11 is 6.35. The molecule has 1 atom stereocenters. The number of rotatable bonds is 3. The van der Waals surface area contributed by atoms with Crippen LogP contribution in [0.3, 0.4) is 0 Å². The Morgan fingerprint density at radius 2 is 2.33 bits per heavy atom. The lowest BCUT2D eigenvalue weighted by molar-refractivity contribution is -0.144. The van der Waals surface area contributed by atoms with Gasteiger partial charge in [0.25, 0.3) is 0 Å². The second-order valence-electron chi connectivity index (χ2n) is 5.93. The Morgan fingerprint density at radius 1 is 1.50 bits per heavy atom. The lowest BCUT2D eigenvalue weighted by Crippen LogP contribution is -2.39. The number of halogens is 1. The maximum Gasteiger partial charge on any atom is 0.327 e. The van der Waals surface area contributed by atoms with Crippen molar-refractivity contribution in [3.8, 4) is 0 Å². The molecule has 0 radical (unpaired) electrons. The quantitative estimate of drug-likeness (QED) is 0.759. The minimum absolute atomic E-state index is 0.407. The molecule has 7 nitrogen and oxygen atoms in total. The van der Waals surface area contributed by atoms with Gasteiger partial charge in [0.1, 0.15) is 0 Å². The molecule has 0 bridgehead atoms. The number of aliphatic carboxylic acids is 1. The first-order valence-corrected chi connectivity index (χ1v) is 8.03. The molecule has 1 aliphatic rings. The number of carbonyl (C=O) groups is 1. The maximum atomic E-state index is 11.8. The molecule has 0 aliphatic carbocycles. The first kappa shape index (κ1) is 15.2. The average Bonchev–Trinajstić information content (AvgIpc) is 3.13. The Kier molecular flexibility index (Phi) is 3.54. The van der Waals surface area contributed by atoms with Gasteiger partial charge in [-0.1, -0.05) is 17.7 Å². The Bertz CT molecular complexity index is 932. The molecular weight excluding hydrogens is 330 g/mol. The molecule has 0 unspecified atom stereocenters. The third-order valence-electron chi connectivity index (χ3n) is 4.51. The van der Waals surface area contributed by atoms with Gasteiger partial charge in [-0.2, -0.15) is 5.10 Å². The van der Waals surface area contributed by atoms with E-state index >= 15 is 0 Å². The van der Waals surface area contributed by atoms with Gasteiger partial charge >= 0.3 is 5.97 Å². The summed E-state index contributed by atoms with van der Waals surface area (Å²) in [6, 6.07) is 4.88. The number of carboxylic acid groups (broad SMARTS) is 1. The second kappa shape index (κ2) is 5.61. The molecule has 8 heteroatoms. The summed E-state index contributed by atoms with van der Waals surface area (Å²) in [5.41, 5.74) is 3.19. The van der Waals surface area contributed by atoms with E-state index in [0.29, 0.717) is 23.8 Å². The van der Waals surface area contributed by atoms with Gasteiger partial charge < -0.3 is 10.1 Å². The van der Waals surface area contributed by atoms with Gasteiger partial charge in [-0.25, -0.2) is 4.98 Å². The molecule has 1 aromatic carbocycles. The van der Waals surface area contributed by atoms with Crippen molar-refractivity contribution in [1.29, 1.82) is 0 Å². The maximum absolute atomic E-state index is 11.8. The number of nitrogens with zero attached hydrogens (tertiary/aromatic N) is 4. The van der Waals surface area contributed by atoms with Crippen LogP contribution in [0.2, 0.25) is 5.02 Å². The van der Waals surface area contributed by atoms with Gasteiger partial charge in [0.05, 0.1) is 28.3 Å². The zero-order valence-electron chi connectivity index (χ0n) is 13.0. The van der Waals surface area contributed by atoms with Crippen LogP contribution < -0.4 is 0 Å². The van der Waals surface area contributed by atoms with E-state index in [9.17, 15) is 9.90 Å². The fourth-order valence-electron chi connectivity index (χ4n) is 3.42. The Hall–Kier alpha value is -2.38. The number of aromatic amines is 1. The molecule has 0 fully saturated rings. The highest BCUT2D eigenvalue weighted by atomic mass is 35.5. The normalized spacial score (nSPS) is 18.0. The van der Waals surface area contributed by atoms with E-state index in [1.807, 2.05) is 30.1 Å². The van der Waals surface area contributed by atoms with Crippen LogP contribution in [-0.4, -0.2) is 42.3 Å². The van der Waals surface area contributed by atoms with Crippen LogP contribution in [0, 0.1) is 0 Å². The second-order valence-corrected chi connectivity index (χ2v) is 6.34. The highest BCUT2D eigenvalue weighted by Crippen LogP contribution is 2.32. The fourth-order valence-corrected chi connectivity index (χ4v) is 3.70. The molecule has 4 rings (SSSR count). The van der Waals surface area contributed by atoms with Crippen LogP contribution in [0.4, 0.5) is 0 Å². The Labute approximate surface area is 142 Å². The average molecular weight is 346 g/mol. The minimum Gasteiger partial charge on any atom is -0.480 e. The summed E-state index contributed by atoms with van der Waals surface area (Å²) in [5.74, 6) is -0.908. The molecule has 2 aromatic heterocycles. The zero-order valence-corrected chi connectivity index (χ0v) is 13.8. The summed E-state index contributed by atoms with van der Waals surface area (Å²) in [6.45, 7) is 1.03. The SMILES string of the molecule is Cn1nc(CN2CCc3[nH]cnc3[C@H]2C(=O)O)c2c(Cl)cccc21. The monoisotopic (exact) mass is 345 g/mol. The molecule has 2 N–H and O–H groups in total. The number of benzene rings is 1. The van der Waals surface area contributed by atoms with Crippen molar-refractivity contribution in [2.45, 2.75) is 19.0 Å². The number of H-pyrrole nitrogens is 1. The first-order chi connectivity index (χ1) is 11.6. The van der Waals surface area contributed by atoms with E-state index in [4.69, 9.17) is 11.6 Å². The summed E-state index contributed by atoms with van der Waals surface area (Å²) < 4.78 is 1.77. The van der Waals surface area contributed by atoms with Crippen LogP contribution >= 0.6 is 11.6 Å². The summed E-state index contributed by atoms with van der Waals surface area (Å²) in [4.78, 5) is 20.9. The molecule has 0 saturated carbocycles. The van der Waals surface area contributed by atoms with Crippen molar-refractivity contribution >= 4 is 28.5 Å². The van der Waals surface area contributed by atoms with E-state index in [1.54, 1.807) is 11.0 Å². The number of hydrogen-bond acceptors (Lipinski definition) is 4. The van der Waals surface area contributed by atoms with Gasteiger partial charge in [0.2, 0.25) is 0 Å². The molecular formula is C16H16ClN5O2. The van der Waals surface area contributed by atoms with Crippen molar-refractivity contribution in [2.75, 3.05) is 6.54 Å². The van der Waals surface area contributed by atoms with Crippen LogP contribution in [-0.2, 0) is 24.8 Å². The molecule has 0 saturated heterocycles. The summed E-state index contributed by atoms with van der Waals surface area (Å²) in [6.07, 6.45) is 2.29. The molecule has 3 aromatic rings. The first-order valence-electron chi connectivity index (χ1n) is 7.65. The lowest BCUT2D eigenvalue weighted by atomic mass is 10.0. The fraction of sp³-hybridized carbons (Fsp3) is 0.312. The van der Waals surface area contributed by atoms with E-state index in [0.717, 1.165) is 28.7 Å². The number of nitrogens with one attached hydrogen (secondary N) is 1. The van der Waals surface area contributed by atoms with Gasteiger partial charge in [0, 0.05) is 37.6 Å². The molecule has 0 amide bonds. The minimum atomic E-state index is -0.908. The highest BCUT2D eigenvalue weighted by Gasteiger charge is 2.35. The predicted octanol–water partition coefficient (Wildman–Crippen LogP) is 2.13. The summed E-state index contributed by atoms with van der Waals surface area (Å²) in [5, 5.41) is 15.7. The van der Waals surface area contributed by atoms with Crippen molar-refractivity contribution < 1.29 is 9.90 Å². The van der Waals surface area contributed by atoms with Crippen molar-refractivity contribution in [1.82, 2.24) is 24.6 Å². The van der Waals surface area contributed by atoms with E-state index < -0.39 is 12.0 Å². The Balaban J connectivity index is 1.75. The Morgan fingerprint density at radius 3 is 3.12 bits per heavy atom.